The number of hydrogen-bond acceptors (Lipinski definition) is 3. The maximum Gasteiger partial charge on any atom is 0.229 e. The molecule has 0 saturated carbocycles. The predicted molar refractivity (Wildman–Crippen MR) is 73.7 cm³/mol. The fraction of sp³-hybridized carbons (Fsp3) is 0.333. The summed E-state index contributed by atoms with van der Waals surface area (Å²) >= 11 is 0. The molecule has 1 aromatic rings. The molecule has 2 heterocycles. The fourth-order valence-electron chi connectivity index (χ4n) is 3.67. The van der Waals surface area contributed by atoms with E-state index in [2.05, 4.69) is 22.5 Å². The summed E-state index contributed by atoms with van der Waals surface area (Å²) in [7, 11) is 0. The third-order valence-corrected chi connectivity index (χ3v) is 4.60. The number of allylic oxidation sites excluding steroid dienone is 1. The highest BCUT2D eigenvalue weighted by atomic mass is 16.2. The van der Waals surface area contributed by atoms with Crippen LogP contribution in [0.4, 0.5) is 5.69 Å². The first-order valence-electron chi connectivity index (χ1n) is 6.57. The van der Waals surface area contributed by atoms with Crippen LogP contribution in [0.1, 0.15) is 11.1 Å². The van der Waals surface area contributed by atoms with Crippen LogP contribution in [0.15, 0.2) is 35.3 Å². The summed E-state index contributed by atoms with van der Waals surface area (Å²) in [5.41, 5.74) is 8.70. The molecular weight excluding hydrogens is 238 g/mol. The molecule has 3 N–H and O–H groups in total. The van der Waals surface area contributed by atoms with E-state index in [0.717, 1.165) is 18.5 Å². The number of aliphatic imine (C=N–C) groups is 1. The molecular formula is C15H15N3O. The highest BCUT2D eigenvalue weighted by molar-refractivity contribution is 5.89. The molecule has 0 radical (unpaired) electrons. The van der Waals surface area contributed by atoms with Crippen LogP contribution in [-0.2, 0) is 17.6 Å². The highest BCUT2D eigenvalue weighted by Gasteiger charge is 2.56. The molecule has 1 aliphatic carbocycles. The SMILES string of the molecule is Nc1ccc2c(c1)CC1(C2)C(=O)NC2N=CC=CC21. The van der Waals surface area contributed by atoms with Gasteiger partial charge in [0.2, 0.25) is 5.91 Å². The van der Waals surface area contributed by atoms with Gasteiger partial charge >= 0.3 is 0 Å². The zero-order chi connectivity index (χ0) is 13.0. The molecule has 1 aromatic carbocycles. The number of anilines is 1. The number of benzene rings is 1. The molecule has 4 rings (SSSR count). The molecule has 1 amide bonds. The van der Waals surface area contributed by atoms with Gasteiger partial charge in [0.05, 0.1) is 5.41 Å². The molecule has 3 aliphatic rings. The second-order valence-electron chi connectivity index (χ2n) is 5.66. The van der Waals surface area contributed by atoms with E-state index < -0.39 is 0 Å². The Kier molecular flexibility index (Phi) is 1.97. The van der Waals surface area contributed by atoms with E-state index in [-0.39, 0.29) is 23.4 Å². The Bertz CT molecular complexity index is 634. The summed E-state index contributed by atoms with van der Waals surface area (Å²) in [6, 6.07) is 5.97. The van der Waals surface area contributed by atoms with Crippen molar-refractivity contribution < 1.29 is 4.79 Å². The van der Waals surface area contributed by atoms with Crippen LogP contribution in [0.3, 0.4) is 0 Å². The molecule has 1 spiro atoms. The lowest BCUT2D eigenvalue weighted by atomic mass is 9.73. The molecule has 0 bridgehead atoms. The van der Waals surface area contributed by atoms with Gasteiger partial charge in [-0.05, 0) is 42.2 Å². The van der Waals surface area contributed by atoms with Gasteiger partial charge in [0.25, 0.3) is 0 Å². The average molecular weight is 253 g/mol. The minimum Gasteiger partial charge on any atom is -0.399 e. The van der Waals surface area contributed by atoms with Crippen LogP contribution in [0.5, 0.6) is 0 Å². The van der Waals surface area contributed by atoms with Crippen LogP contribution in [0.2, 0.25) is 0 Å². The van der Waals surface area contributed by atoms with E-state index in [1.165, 1.54) is 11.1 Å². The number of nitrogens with zero attached hydrogens (tertiary/aromatic N) is 1. The van der Waals surface area contributed by atoms with E-state index in [4.69, 9.17) is 5.73 Å². The van der Waals surface area contributed by atoms with Gasteiger partial charge in [0, 0.05) is 17.8 Å². The first kappa shape index (κ1) is 10.8. The van der Waals surface area contributed by atoms with E-state index in [1.807, 2.05) is 18.2 Å². The van der Waals surface area contributed by atoms with Gasteiger partial charge in [-0.1, -0.05) is 12.1 Å². The summed E-state index contributed by atoms with van der Waals surface area (Å²) < 4.78 is 0. The Morgan fingerprint density at radius 2 is 2.16 bits per heavy atom. The lowest BCUT2D eigenvalue weighted by Gasteiger charge is -2.27. The van der Waals surface area contributed by atoms with E-state index in [1.54, 1.807) is 6.21 Å². The Morgan fingerprint density at radius 1 is 1.32 bits per heavy atom. The predicted octanol–water partition coefficient (Wildman–Crippen LogP) is 1.07. The van der Waals surface area contributed by atoms with Gasteiger partial charge in [-0.3, -0.25) is 9.79 Å². The number of nitrogens with two attached hydrogens (primary N) is 1. The van der Waals surface area contributed by atoms with Crippen LogP contribution < -0.4 is 11.1 Å². The first-order valence-corrected chi connectivity index (χ1v) is 6.57. The van der Waals surface area contributed by atoms with E-state index in [9.17, 15) is 4.79 Å². The average Bonchev–Trinajstić information content (AvgIpc) is 2.90. The normalized spacial score (nSPS) is 34.4. The molecule has 1 fully saturated rings. The van der Waals surface area contributed by atoms with Crippen molar-refractivity contribution in [1.29, 1.82) is 0 Å². The lowest BCUT2D eigenvalue weighted by molar-refractivity contribution is -0.128. The molecule has 3 atom stereocenters. The molecule has 3 unspecified atom stereocenters. The number of dihydropyridines is 1. The van der Waals surface area contributed by atoms with Crippen molar-refractivity contribution >= 4 is 17.8 Å². The number of fused-ring (bicyclic) bond motifs is 3. The summed E-state index contributed by atoms with van der Waals surface area (Å²) in [4.78, 5) is 16.8. The lowest BCUT2D eigenvalue weighted by Crippen LogP contribution is -2.35. The van der Waals surface area contributed by atoms with Gasteiger partial charge in [0.15, 0.2) is 0 Å². The number of amides is 1. The van der Waals surface area contributed by atoms with Crippen LogP contribution >= 0.6 is 0 Å². The topological polar surface area (TPSA) is 67.5 Å². The molecule has 2 aliphatic heterocycles. The molecule has 1 saturated heterocycles. The second kappa shape index (κ2) is 3.47. The minimum absolute atomic E-state index is 0.0934. The maximum absolute atomic E-state index is 12.5. The van der Waals surface area contributed by atoms with Crippen molar-refractivity contribution in [2.75, 3.05) is 5.73 Å². The third kappa shape index (κ3) is 1.34. The molecule has 0 aromatic heterocycles. The fourth-order valence-corrected chi connectivity index (χ4v) is 3.67. The second-order valence-corrected chi connectivity index (χ2v) is 5.66. The van der Waals surface area contributed by atoms with Crippen molar-refractivity contribution in [3.8, 4) is 0 Å². The van der Waals surface area contributed by atoms with Crippen LogP contribution in [-0.4, -0.2) is 18.3 Å². The van der Waals surface area contributed by atoms with Gasteiger partial charge < -0.3 is 11.1 Å². The molecule has 4 nitrogen and oxygen atoms in total. The van der Waals surface area contributed by atoms with Crippen molar-refractivity contribution in [1.82, 2.24) is 5.32 Å². The van der Waals surface area contributed by atoms with Crippen molar-refractivity contribution in [3.05, 3.63) is 41.5 Å². The number of carbonyl (C=O) groups is 1. The van der Waals surface area contributed by atoms with E-state index in [0.29, 0.717) is 0 Å². The minimum atomic E-state index is -0.366. The van der Waals surface area contributed by atoms with E-state index >= 15 is 0 Å². The Labute approximate surface area is 111 Å². The Hall–Kier alpha value is -2.10. The number of carbonyl (C=O) groups excluding carboxylic acids is 1. The quantitative estimate of drug-likeness (QED) is 0.679. The molecule has 4 heteroatoms. The largest absolute Gasteiger partial charge is 0.399 e. The molecule has 19 heavy (non-hydrogen) atoms. The van der Waals surface area contributed by atoms with Gasteiger partial charge in [-0.2, -0.15) is 0 Å². The van der Waals surface area contributed by atoms with Gasteiger partial charge in [-0.25, -0.2) is 0 Å². The zero-order valence-corrected chi connectivity index (χ0v) is 10.5. The van der Waals surface area contributed by atoms with Crippen molar-refractivity contribution in [2.45, 2.75) is 19.0 Å². The summed E-state index contributed by atoms with van der Waals surface area (Å²) in [5, 5.41) is 3.02. The van der Waals surface area contributed by atoms with Crippen LogP contribution in [0.25, 0.3) is 0 Å². The summed E-state index contributed by atoms with van der Waals surface area (Å²) in [6.07, 6.45) is 7.28. The van der Waals surface area contributed by atoms with Crippen LogP contribution in [0, 0.1) is 11.3 Å². The standard InChI is InChI=1S/C15H15N3O/c16-11-4-3-9-7-15(8-10(9)6-11)12-2-1-5-17-13(12)18-14(15)19/h1-6,12-13H,7-8,16H2,(H,18,19). The third-order valence-electron chi connectivity index (χ3n) is 4.60. The number of nitrogens with one attached hydrogen (secondary N) is 1. The molecule has 96 valence electrons. The number of nitrogen functional groups attached to an aromatic ring is 1. The Morgan fingerprint density at radius 3 is 3.05 bits per heavy atom. The summed E-state index contributed by atoms with van der Waals surface area (Å²) in [6.45, 7) is 0. The maximum atomic E-state index is 12.5. The first-order chi connectivity index (χ1) is 9.19. The number of hydrogen-bond donors (Lipinski definition) is 2. The smallest absolute Gasteiger partial charge is 0.229 e. The van der Waals surface area contributed by atoms with Gasteiger partial charge in [-0.15, -0.1) is 0 Å². The highest BCUT2D eigenvalue weighted by Crippen LogP contribution is 2.49. The van der Waals surface area contributed by atoms with Crippen molar-refractivity contribution in [3.63, 3.8) is 0 Å². The number of rotatable bonds is 0. The Balaban J connectivity index is 1.79. The van der Waals surface area contributed by atoms with Gasteiger partial charge in [0.1, 0.15) is 6.17 Å². The zero-order valence-electron chi connectivity index (χ0n) is 10.5. The summed E-state index contributed by atoms with van der Waals surface area (Å²) in [5.74, 6) is 0.277. The monoisotopic (exact) mass is 253 g/mol. The van der Waals surface area contributed by atoms with Crippen molar-refractivity contribution in [2.24, 2.45) is 16.3 Å².